The summed E-state index contributed by atoms with van der Waals surface area (Å²) in [7, 11) is -9.90. The number of carbonyl (C=O) groups is 4. The van der Waals surface area contributed by atoms with E-state index in [1.807, 2.05) is 0 Å². The number of aliphatic hydroxyl groups is 1. The Labute approximate surface area is 568 Å². The van der Waals surface area contributed by atoms with Gasteiger partial charge in [-0.3, -0.25) is 37.3 Å². The number of hydrogen-bond donors (Lipinski definition) is 3. The lowest BCUT2D eigenvalue weighted by atomic mass is 9.99. The van der Waals surface area contributed by atoms with Gasteiger partial charge in [0, 0.05) is 25.7 Å². The number of ether oxygens (including phenoxy) is 4. The zero-order chi connectivity index (χ0) is 68.9. The molecule has 93 heavy (non-hydrogen) atoms. The summed E-state index contributed by atoms with van der Waals surface area (Å²) in [6, 6.07) is 0. The number of unbranched alkanes of at least 4 members (excludes halogenated alkanes) is 35. The fourth-order valence-corrected chi connectivity index (χ4v) is 12.7. The average molecular weight is 1370 g/mol. The van der Waals surface area contributed by atoms with Gasteiger partial charge < -0.3 is 33.8 Å². The van der Waals surface area contributed by atoms with E-state index in [1.54, 1.807) is 0 Å². The smallest absolute Gasteiger partial charge is 0.462 e. The summed E-state index contributed by atoms with van der Waals surface area (Å²) in [4.78, 5) is 72.6. The highest BCUT2D eigenvalue weighted by atomic mass is 31.2. The van der Waals surface area contributed by atoms with Crippen LogP contribution in [0.3, 0.4) is 0 Å². The fraction of sp³-hybridized carbons (Fsp3) is 0.946. The van der Waals surface area contributed by atoms with Crippen molar-refractivity contribution >= 4 is 39.5 Å². The highest BCUT2D eigenvalue weighted by molar-refractivity contribution is 7.47. The van der Waals surface area contributed by atoms with Crippen LogP contribution in [0, 0.1) is 23.7 Å². The molecule has 19 heteroatoms. The van der Waals surface area contributed by atoms with E-state index in [0.717, 1.165) is 114 Å². The normalized spacial score (nSPS) is 14.8. The van der Waals surface area contributed by atoms with Crippen molar-refractivity contribution in [3.8, 4) is 0 Å². The lowest BCUT2D eigenvalue weighted by Crippen LogP contribution is -2.30. The number of carbonyl (C=O) groups excluding carboxylic acids is 4. The predicted octanol–water partition coefficient (Wildman–Crippen LogP) is 21.3. The van der Waals surface area contributed by atoms with Gasteiger partial charge in [0.2, 0.25) is 0 Å². The van der Waals surface area contributed by atoms with Gasteiger partial charge in [0.1, 0.15) is 19.3 Å². The van der Waals surface area contributed by atoms with Crippen LogP contribution in [0.2, 0.25) is 0 Å². The Balaban J connectivity index is 5.13. The lowest BCUT2D eigenvalue weighted by molar-refractivity contribution is -0.161. The van der Waals surface area contributed by atoms with Crippen molar-refractivity contribution in [1.29, 1.82) is 0 Å². The topological polar surface area (TPSA) is 237 Å². The van der Waals surface area contributed by atoms with Crippen molar-refractivity contribution in [2.45, 2.75) is 388 Å². The highest BCUT2D eigenvalue weighted by Crippen LogP contribution is 2.45. The van der Waals surface area contributed by atoms with Crippen LogP contribution in [0.5, 0.6) is 0 Å². The van der Waals surface area contributed by atoms with Crippen LogP contribution in [0.25, 0.3) is 0 Å². The molecule has 0 fully saturated rings. The molecule has 0 bridgehead atoms. The van der Waals surface area contributed by atoms with Crippen LogP contribution in [0.15, 0.2) is 0 Å². The molecule has 3 N–H and O–H groups in total. The van der Waals surface area contributed by atoms with Crippen molar-refractivity contribution < 1.29 is 80.2 Å². The van der Waals surface area contributed by atoms with Crippen molar-refractivity contribution in [2.24, 2.45) is 23.7 Å². The first-order valence-electron chi connectivity index (χ1n) is 38.3. The summed E-state index contributed by atoms with van der Waals surface area (Å²) in [6.07, 6.45) is 47.6. The Kier molecular flexibility index (Phi) is 62.2. The van der Waals surface area contributed by atoms with Gasteiger partial charge in [-0.1, -0.05) is 319 Å². The molecule has 0 aromatic heterocycles. The van der Waals surface area contributed by atoms with Gasteiger partial charge in [0.05, 0.1) is 26.4 Å². The maximum atomic E-state index is 13.0. The minimum Gasteiger partial charge on any atom is -0.462 e. The SMILES string of the molecule is CCC(C)CCCCCCCCCCCCCCCCCCCCC(=O)OC[C@H](COP(=O)(O)OCC(O)COP(=O)(O)OC[C@@H](COC(=O)CCCCCCCCCC(C)C)OC(=O)CCCCCCCCC(C)CC)OC(=O)CCCCCCCCCCC(C)C. The van der Waals surface area contributed by atoms with E-state index in [9.17, 15) is 43.2 Å². The first-order valence-corrected chi connectivity index (χ1v) is 41.3. The molecule has 0 aromatic rings. The van der Waals surface area contributed by atoms with Crippen LogP contribution in [-0.4, -0.2) is 96.7 Å². The standard InChI is InChI=1S/C74H144O17P2/c1-9-66(7)52-44-36-28-21-19-17-15-13-11-12-14-16-18-20-22-29-38-46-54-71(76)84-60-69(90-73(78)56-48-40-30-24-23-26-34-42-50-64(3)4)62-88-92(80,81)86-58-68(75)59-87-93(82,83)89-63-70(91-74(79)57-49-41-33-32-37-45-53-67(8)10-2)61-85-72(77)55-47-39-31-25-27-35-43-51-65(5)6/h64-70,75H,9-63H2,1-8H3,(H,80,81)(H,82,83)/t66?,67?,68?,69-,70-/m1/s1. The van der Waals surface area contributed by atoms with Crippen molar-refractivity contribution in [2.75, 3.05) is 39.6 Å². The quantitative estimate of drug-likeness (QED) is 0.0222. The van der Waals surface area contributed by atoms with Crippen LogP contribution < -0.4 is 0 Å². The van der Waals surface area contributed by atoms with Crippen molar-refractivity contribution in [3.05, 3.63) is 0 Å². The molecule has 0 saturated carbocycles. The van der Waals surface area contributed by atoms with Gasteiger partial charge in [0.25, 0.3) is 0 Å². The summed E-state index contributed by atoms with van der Waals surface area (Å²) in [5.41, 5.74) is 0. The monoisotopic (exact) mass is 1370 g/mol. The highest BCUT2D eigenvalue weighted by Gasteiger charge is 2.30. The third kappa shape index (κ3) is 65.8. The Morgan fingerprint density at radius 3 is 0.763 bits per heavy atom. The van der Waals surface area contributed by atoms with Gasteiger partial charge in [-0.2, -0.15) is 0 Å². The van der Waals surface area contributed by atoms with E-state index in [0.29, 0.717) is 31.6 Å². The summed E-state index contributed by atoms with van der Waals surface area (Å²) in [5.74, 6) is 0.886. The third-order valence-electron chi connectivity index (χ3n) is 17.8. The minimum absolute atomic E-state index is 0.102. The minimum atomic E-state index is -4.95. The van der Waals surface area contributed by atoms with Gasteiger partial charge in [0.15, 0.2) is 12.2 Å². The molecule has 0 spiro atoms. The van der Waals surface area contributed by atoms with Crippen LogP contribution >= 0.6 is 15.6 Å². The number of hydrogen-bond acceptors (Lipinski definition) is 15. The van der Waals surface area contributed by atoms with Crippen LogP contribution in [0.4, 0.5) is 0 Å². The van der Waals surface area contributed by atoms with Crippen LogP contribution in [-0.2, 0) is 65.4 Å². The predicted molar refractivity (Wildman–Crippen MR) is 377 cm³/mol. The third-order valence-corrected chi connectivity index (χ3v) is 19.7. The summed E-state index contributed by atoms with van der Waals surface area (Å²) in [5, 5.41) is 10.6. The van der Waals surface area contributed by atoms with E-state index >= 15 is 0 Å². The largest absolute Gasteiger partial charge is 0.472 e. The zero-order valence-corrected chi connectivity index (χ0v) is 62.7. The van der Waals surface area contributed by atoms with Gasteiger partial charge in [-0.15, -0.1) is 0 Å². The van der Waals surface area contributed by atoms with Gasteiger partial charge >= 0.3 is 39.5 Å². The molecule has 0 heterocycles. The Bertz CT molecular complexity index is 1840. The lowest BCUT2D eigenvalue weighted by Gasteiger charge is -2.21. The van der Waals surface area contributed by atoms with E-state index in [2.05, 4.69) is 55.4 Å². The average Bonchev–Trinajstić information content (AvgIpc) is 2.77. The van der Waals surface area contributed by atoms with Crippen molar-refractivity contribution in [1.82, 2.24) is 0 Å². The number of aliphatic hydroxyl groups excluding tert-OH is 1. The molecule has 0 amide bonds. The maximum Gasteiger partial charge on any atom is 0.472 e. The number of rotatable bonds is 71. The van der Waals surface area contributed by atoms with E-state index in [1.165, 1.54) is 167 Å². The van der Waals surface area contributed by atoms with Gasteiger partial charge in [-0.05, 0) is 49.4 Å². The molecular formula is C74H144O17P2. The first-order chi connectivity index (χ1) is 44.7. The molecule has 0 aliphatic heterocycles. The van der Waals surface area contributed by atoms with Crippen molar-refractivity contribution in [3.63, 3.8) is 0 Å². The summed E-state index contributed by atoms with van der Waals surface area (Å²) >= 11 is 0. The second kappa shape index (κ2) is 63.5. The molecule has 0 saturated heterocycles. The zero-order valence-electron chi connectivity index (χ0n) is 60.9. The molecule has 0 rings (SSSR count). The fourth-order valence-electron chi connectivity index (χ4n) is 11.1. The van der Waals surface area contributed by atoms with E-state index in [4.69, 9.17) is 37.0 Å². The molecular weight excluding hydrogens is 1220 g/mol. The summed E-state index contributed by atoms with van der Waals surface area (Å²) in [6.45, 7) is 14.1. The molecule has 7 atom stereocenters. The first kappa shape index (κ1) is 91.1. The molecule has 0 aliphatic rings. The molecule has 5 unspecified atom stereocenters. The Morgan fingerprint density at radius 2 is 0.516 bits per heavy atom. The number of esters is 4. The second-order valence-corrected chi connectivity index (χ2v) is 31.0. The molecule has 0 aromatic carbocycles. The maximum absolute atomic E-state index is 13.0. The second-order valence-electron chi connectivity index (χ2n) is 28.1. The number of phosphoric ester groups is 2. The number of phosphoric acid groups is 2. The Hall–Kier alpha value is -1.94. The molecule has 0 radical (unpaired) electrons. The van der Waals surface area contributed by atoms with E-state index < -0.39 is 97.5 Å². The molecule has 17 nitrogen and oxygen atoms in total. The Morgan fingerprint density at radius 1 is 0.301 bits per heavy atom. The van der Waals surface area contributed by atoms with E-state index in [-0.39, 0.29) is 25.7 Å². The van der Waals surface area contributed by atoms with Crippen LogP contribution in [0.1, 0.15) is 370 Å². The summed E-state index contributed by atoms with van der Waals surface area (Å²) < 4.78 is 68.3. The molecule has 552 valence electrons. The molecule has 0 aliphatic carbocycles. The van der Waals surface area contributed by atoms with Gasteiger partial charge in [-0.25, -0.2) is 9.13 Å².